The van der Waals surface area contributed by atoms with Crippen LogP contribution >= 0.6 is 11.3 Å². The monoisotopic (exact) mass is 606 g/mol. The third kappa shape index (κ3) is 6.50. The Kier molecular flexibility index (Phi) is 8.56. The van der Waals surface area contributed by atoms with Crippen molar-refractivity contribution in [2.75, 3.05) is 35.1 Å². The van der Waals surface area contributed by atoms with Crippen LogP contribution in [0, 0.1) is 5.82 Å². The third-order valence-electron chi connectivity index (χ3n) is 5.45. The van der Waals surface area contributed by atoms with Crippen molar-refractivity contribution in [3.05, 3.63) is 84.1 Å². The van der Waals surface area contributed by atoms with Gasteiger partial charge in [0.1, 0.15) is 12.4 Å². The molecule has 3 aromatic carbocycles. The van der Waals surface area contributed by atoms with Crippen LogP contribution < -0.4 is 23.8 Å². The Balaban J connectivity index is 1.57. The molecule has 1 amide bonds. The maximum Gasteiger partial charge on any atom is 0.264 e. The van der Waals surface area contributed by atoms with Gasteiger partial charge in [0.25, 0.3) is 20.0 Å². The number of rotatable bonds is 11. The molecule has 210 valence electrons. The van der Waals surface area contributed by atoms with E-state index in [0.29, 0.717) is 5.75 Å². The summed E-state index contributed by atoms with van der Waals surface area (Å²) < 4.78 is 79.5. The lowest BCUT2D eigenvalue weighted by Gasteiger charge is -2.24. The van der Waals surface area contributed by atoms with Crippen molar-refractivity contribution in [3.63, 3.8) is 0 Å². The van der Waals surface area contributed by atoms with Crippen molar-refractivity contribution in [1.29, 1.82) is 0 Å². The van der Waals surface area contributed by atoms with Crippen LogP contribution in [0.15, 0.2) is 88.1 Å². The number of anilines is 3. The molecule has 0 bridgehead atoms. The van der Waals surface area contributed by atoms with Crippen LogP contribution in [-0.4, -0.2) is 48.5 Å². The number of nitrogens with zero attached hydrogens (tertiary/aromatic N) is 2. The highest BCUT2D eigenvalue weighted by Gasteiger charge is 2.28. The molecule has 0 atom stereocenters. The molecule has 0 aliphatic carbocycles. The molecule has 0 fully saturated rings. The molecule has 4 aromatic rings. The summed E-state index contributed by atoms with van der Waals surface area (Å²) in [5.41, 5.74) is 0.266. The fraction of sp³-hybridized carbons (Fsp3) is 0.120. The molecule has 11 nitrogen and oxygen atoms in total. The number of hydrogen-bond donors (Lipinski definition) is 2. The predicted molar refractivity (Wildman–Crippen MR) is 148 cm³/mol. The molecule has 40 heavy (non-hydrogen) atoms. The number of amides is 1. The van der Waals surface area contributed by atoms with Crippen LogP contribution in [-0.2, 0) is 24.8 Å². The minimum atomic E-state index is -4.34. The normalized spacial score (nSPS) is 11.5. The van der Waals surface area contributed by atoms with E-state index in [-0.39, 0.29) is 32.0 Å². The average molecular weight is 607 g/mol. The molecule has 0 saturated heterocycles. The van der Waals surface area contributed by atoms with Gasteiger partial charge in [0.15, 0.2) is 16.6 Å². The van der Waals surface area contributed by atoms with Crippen molar-refractivity contribution >= 4 is 53.8 Å². The van der Waals surface area contributed by atoms with Gasteiger partial charge in [0, 0.05) is 23.3 Å². The number of carbonyl (C=O) groups excluding carboxylic acids is 1. The SMILES string of the molecule is COc1ccc(S(=O)(=O)N(CC(=O)Nc2ccc(S(=O)(=O)Nc3nccs3)cc2)c2ccc(F)cc2)cc1OC. The molecule has 0 radical (unpaired) electrons. The van der Waals surface area contributed by atoms with Crippen LogP contribution in [0.2, 0.25) is 0 Å². The first kappa shape index (κ1) is 28.8. The summed E-state index contributed by atoms with van der Waals surface area (Å²) in [6, 6.07) is 13.9. The molecule has 4 rings (SSSR count). The number of nitrogens with one attached hydrogen (secondary N) is 2. The van der Waals surface area contributed by atoms with Crippen LogP contribution in [0.3, 0.4) is 0 Å². The molecule has 0 aliphatic heterocycles. The second-order valence-corrected chi connectivity index (χ2v) is 12.5. The smallest absolute Gasteiger partial charge is 0.264 e. The van der Waals surface area contributed by atoms with Gasteiger partial charge in [-0.2, -0.15) is 0 Å². The Morgan fingerprint density at radius 3 is 2.17 bits per heavy atom. The van der Waals surface area contributed by atoms with Gasteiger partial charge in [0.05, 0.1) is 29.7 Å². The Morgan fingerprint density at radius 2 is 1.57 bits per heavy atom. The molecule has 2 N–H and O–H groups in total. The molecular formula is C25H23FN4O7S3. The summed E-state index contributed by atoms with van der Waals surface area (Å²) in [7, 11) is -5.49. The Labute approximate surface area is 234 Å². The van der Waals surface area contributed by atoms with E-state index >= 15 is 0 Å². The predicted octanol–water partition coefficient (Wildman–Crippen LogP) is 3.93. The van der Waals surface area contributed by atoms with Crippen molar-refractivity contribution < 1.29 is 35.5 Å². The number of halogens is 1. The molecule has 0 saturated carbocycles. The molecule has 15 heteroatoms. The van der Waals surface area contributed by atoms with Crippen LogP contribution in [0.1, 0.15) is 0 Å². The van der Waals surface area contributed by atoms with Gasteiger partial charge in [-0.15, -0.1) is 11.3 Å². The highest BCUT2D eigenvalue weighted by molar-refractivity contribution is 7.93. The minimum absolute atomic E-state index is 0.0426. The maximum atomic E-state index is 13.6. The zero-order valence-electron chi connectivity index (χ0n) is 21.1. The summed E-state index contributed by atoms with van der Waals surface area (Å²) in [4.78, 5) is 16.6. The Morgan fingerprint density at radius 1 is 0.925 bits per heavy atom. The fourth-order valence-corrected chi connectivity index (χ4v) is 6.75. The van der Waals surface area contributed by atoms with E-state index < -0.39 is 38.3 Å². The number of thiazole rings is 1. The first-order valence-corrected chi connectivity index (χ1v) is 15.2. The minimum Gasteiger partial charge on any atom is -0.493 e. The van der Waals surface area contributed by atoms with E-state index in [9.17, 15) is 26.0 Å². The van der Waals surface area contributed by atoms with Crippen molar-refractivity contribution in [1.82, 2.24) is 4.98 Å². The molecular weight excluding hydrogens is 583 g/mol. The average Bonchev–Trinajstić information content (AvgIpc) is 3.44. The maximum absolute atomic E-state index is 13.6. The first-order valence-electron chi connectivity index (χ1n) is 11.4. The van der Waals surface area contributed by atoms with Gasteiger partial charge in [-0.1, -0.05) is 0 Å². The Bertz CT molecular complexity index is 1700. The van der Waals surface area contributed by atoms with Crippen molar-refractivity contribution in [3.8, 4) is 11.5 Å². The molecule has 0 unspecified atom stereocenters. The highest BCUT2D eigenvalue weighted by atomic mass is 32.2. The molecule has 0 aliphatic rings. The quantitative estimate of drug-likeness (QED) is 0.261. The number of ether oxygens (including phenoxy) is 2. The fourth-order valence-electron chi connectivity index (χ4n) is 3.52. The van der Waals surface area contributed by atoms with E-state index in [0.717, 1.165) is 27.8 Å². The summed E-state index contributed by atoms with van der Waals surface area (Å²) in [6.45, 7) is -0.673. The topological polar surface area (TPSA) is 144 Å². The van der Waals surface area contributed by atoms with Crippen molar-refractivity contribution in [2.24, 2.45) is 0 Å². The van der Waals surface area contributed by atoms with E-state index in [1.165, 1.54) is 75.0 Å². The van der Waals surface area contributed by atoms with E-state index in [1.807, 2.05) is 0 Å². The number of benzene rings is 3. The summed E-state index contributed by atoms with van der Waals surface area (Å²) >= 11 is 1.12. The lowest BCUT2D eigenvalue weighted by Crippen LogP contribution is -2.38. The van der Waals surface area contributed by atoms with E-state index in [4.69, 9.17) is 9.47 Å². The van der Waals surface area contributed by atoms with E-state index in [1.54, 1.807) is 5.38 Å². The van der Waals surface area contributed by atoms with Gasteiger partial charge >= 0.3 is 0 Å². The number of carbonyl (C=O) groups is 1. The zero-order chi connectivity index (χ0) is 28.9. The lowest BCUT2D eigenvalue weighted by atomic mass is 10.3. The largest absolute Gasteiger partial charge is 0.493 e. The number of hydrogen-bond acceptors (Lipinski definition) is 9. The summed E-state index contributed by atoms with van der Waals surface area (Å²) in [5, 5.41) is 4.38. The van der Waals surface area contributed by atoms with Crippen molar-refractivity contribution in [2.45, 2.75) is 9.79 Å². The van der Waals surface area contributed by atoms with Gasteiger partial charge < -0.3 is 14.8 Å². The van der Waals surface area contributed by atoms with Crippen LogP contribution in [0.25, 0.3) is 0 Å². The lowest BCUT2D eigenvalue weighted by molar-refractivity contribution is -0.114. The first-order chi connectivity index (χ1) is 19.0. The second kappa shape index (κ2) is 11.9. The Hall–Kier alpha value is -4.21. The molecule has 0 spiro atoms. The van der Waals surface area contributed by atoms with E-state index in [2.05, 4.69) is 15.0 Å². The van der Waals surface area contributed by atoms with Gasteiger partial charge in [-0.3, -0.25) is 13.8 Å². The molecule has 1 heterocycles. The molecule has 1 aromatic heterocycles. The third-order valence-corrected chi connectivity index (χ3v) is 9.39. The van der Waals surface area contributed by atoms with Gasteiger partial charge in [0.2, 0.25) is 5.91 Å². The zero-order valence-corrected chi connectivity index (χ0v) is 23.5. The van der Waals surface area contributed by atoms with Gasteiger partial charge in [-0.05, 0) is 60.7 Å². The number of methoxy groups -OCH3 is 2. The standard InChI is InChI=1S/C25H23FN4O7S3/c1-36-22-12-11-21(15-23(22)37-2)40(34,35)30(19-7-3-17(26)4-8-19)16-24(31)28-18-5-9-20(10-6-18)39(32,33)29-25-27-13-14-38-25/h3-15H,16H2,1-2H3,(H,27,29)(H,28,31). The summed E-state index contributed by atoms with van der Waals surface area (Å²) in [6.07, 6.45) is 1.46. The second-order valence-electron chi connectivity index (χ2n) is 8.02. The summed E-state index contributed by atoms with van der Waals surface area (Å²) in [5.74, 6) is -0.854. The number of sulfonamides is 2. The number of aromatic nitrogens is 1. The highest BCUT2D eigenvalue weighted by Crippen LogP contribution is 2.32. The van der Waals surface area contributed by atoms with Gasteiger partial charge in [-0.25, -0.2) is 26.2 Å². The van der Waals surface area contributed by atoms with Crippen LogP contribution in [0.4, 0.5) is 20.9 Å². The van der Waals surface area contributed by atoms with Crippen LogP contribution in [0.5, 0.6) is 11.5 Å².